The summed E-state index contributed by atoms with van der Waals surface area (Å²) in [7, 11) is 1.61. The number of hydrogen-bond acceptors (Lipinski definition) is 4. The summed E-state index contributed by atoms with van der Waals surface area (Å²) >= 11 is 0. The Kier molecular flexibility index (Phi) is 8.71. The zero-order chi connectivity index (χ0) is 22.1. The van der Waals surface area contributed by atoms with E-state index in [0.717, 1.165) is 22.4 Å². The zero-order valence-corrected chi connectivity index (χ0v) is 18.5. The van der Waals surface area contributed by atoms with Crippen LogP contribution < -0.4 is 14.8 Å². The van der Waals surface area contributed by atoms with Crippen LogP contribution in [0, 0.1) is 13.8 Å². The van der Waals surface area contributed by atoms with Gasteiger partial charge in [0.05, 0.1) is 7.11 Å². The predicted molar refractivity (Wildman–Crippen MR) is 118 cm³/mol. The number of amides is 2. The minimum absolute atomic E-state index is 0.130. The van der Waals surface area contributed by atoms with E-state index >= 15 is 0 Å². The van der Waals surface area contributed by atoms with Gasteiger partial charge >= 0.3 is 0 Å². The molecule has 0 bridgehead atoms. The number of benzene rings is 2. The number of methoxy groups -OCH3 is 1. The van der Waals surface area contributed by atoms with Crippen LogP contribution in [0.3, 0.4) is 0 Å². The lowest BCUT2D eigenvalue weighted by Gasteiger charge is -2.30. The Bertz CT molecular complexity index is 829. The number of likely N-dealkylation sites (N-methyl/N-ethyl adjacent to an activating group) is 1. The summed E-state index contributed by atoms with van der Waals surface area (Å²) in [6, 6.07) is 12.8. The largest absolute Gasteiger partial charge is 0.497 e. The maximum atomic E-state index is 13.1. The quantitative estimate of drug-likeness (QED) is 0.647. The van der Waals surface area contributed by atoms with E-state index in [9.17, 15) is 9.59 Å². The highest BCUT2D eigenvalue weighted by Gasteiger charge is 2.28. The van der Waals surface area contributed by atoms with Crippen LogP contribution in [-0.4, -0.2) is 43.0 Å². The molecule has 1 unspecified atom stereocenters. The van der Waals surface area contributed by atoms with Crippen molar-refractivity contribution in [1.82, 2.24) is 10.2 Å². The van der Waals surface area contributed by atoms with Crippen molar-refractivity contribution >= 4 is 11.8 Å². The Morgan fingerprint density at radius 2 is 1.63 bits per heavy atom. The van der Waals surface area contributed by atoms with Crippen molar-refractivity contribution < 1.29 is 19.1 Å². The molecule has 2 aromatic rings. The maximum Gasteiger partial charge on any atom is 0.261 e. The highest BCUT2D eigenvalue weighted by atomic mass is 16.5. The molecule has 1 atom stereocenters. The number of ether oxygens (including phenoxy) is 2. The highest BCUT2D eigenvalue weighted by molar-refractivity contribution is 5.88. The zero-order valence-electron chi connectivity index (χ0n) is 18.5. The number of hydrogen-bond donors (Lipinski definition) is 1. The van der Waals surface area contributed by atoms with Gasteiger partial charge in [-0.15, -0.1) is 0 Å². The standard InChI is InChI=1S/C24H32N2O4/c1-6-22(24(28)25-7-2)26(15-19-8-10-20(29-5)11-9-19)23(27)16-30-21-13-17(3)12-18(4)14-21/h8-14,22H,6-7,15-16H2,1-5H3,(H,25,28). The van der Waals surface area contributed by atoms with Gasteiger partial charge < -0.3 is 19.7 Å². The molecule has 162 valence electrons. The molecule has 0 aliphatic rings. The molecule has 2 amide bonds. The van der Waals surface area contributed by atoms with Crippen molar-refractivity contribution in [2.45, 2.75) is 46.7 Å². The SMILES string of the molecule is CCNC(=O)C(CC)N(Cc1ccc(OC)cc1)C(=O)COc1cc(C)cc(C)c1. The van der Waals surface area contributed by atoms with E-state index in [4.69, 9.17) is 9.47 Å². The molecule has 6 nitrogen and oxygen atoms in total. The van der Waals surface area contributed by atoms with E-state index in [-0.39, 0.29) is 18.4 Å². The number of carbonyl (C=O) groups is 2. The summed E-state index contributed by atoms with van der Waals surface area (Å²) in [5, 5.41) is 2.83. The Labute approximate surface area is 179 Å². The molecular formula is C24H32N2O4. The molecule has 0 heterocycles. The minimum Gasteiger partial charge on any atom is -0.497 e. The van der Waals surface area contributed by atoms with Crippen LogP contribution in [0.2, 0.25) is 0 Å². The summed E-state index contributed by atoms with van der Waals surface area (Å²) < 4.78 is 11.0. The fourth-order valence-corrected chi connectivity index (χ4v) is 3.38. The van der Waals surface area contributed by atoms with Crippen molar-refractivity contribution in [3.63, 3.8) is 0 Å². The average Bonchev–Trinajstić information content (AvgIpc) is 2.72. The fourth-order valence-electron chi connectivity index (χ4n) is 3.38. The lowest BCUT2D eigenvalue weighted by Crippen LogP contribution is -2.50. The molecule has 0 radical (unpaired) electrons. The first-order valence-electron chi connectivity index (χ1n) is 10.3. The number of aryl methyl sites for hydroxylation is 2. The van der Waals surface area contributed by atoms with Crippen molar-refractivity contribution in [3.8, 4) is 11.5 Å². The smallest absolute Gasteiger partial charge is 0.261 e. The van der Waals surface area contributed by atoms with Gasteiger partial charge in [0.1, 0.15) is 17.5 Å². The number of nitrogens with zero attached hydrogens (tertiary/aromatic N) is 1. The third-order valence-corrected chi connectivity index (χ3v) is 4.81. The van der Waals surface area contributed by atoms with E-state index in [2.05, 4.69) is 5.32 Å². The van der Waals surface area contributed by atoms with Gasteiger partial charge in [0.15, 0.2) is 6.61 Å². The van der Waals surface area contributed by atoms with Crippen LogP contribution in [0.25, 0.3) is 0 Å². The Balaban J connectivity index is 2.21. The lowest BCUT2D eigenvalue weighted by atomic mass is 10.1. The molecule has 0 aliphatic carbocycles. The number of nitrogens with one attached hydrogen (secondary N) is 1. The molecule has 0 aromatic heterocycles. The molecule has 0 aliphatic heterocycles. The maximum absolute atomic E-state index is 13.1. The van der Waals surface area contributed by atoms with Gasteiger partial charge in [-0.2, -0.15) is 0 Å². The van der Waals surface area contributed by atoms with Crippen LogP contribution in [0.15, 0.2) is 42.5 Å². The first-order valence-corrected chi connectivity index (χ1v) is 10.3. The molecule has 0 spiro atoms. The molecule has 30 heavy (non-hydrogen) atoms. The summed E-state index contributed by atoms with van der Waals surface area (Å²) in [4.78, 5) is 27.3. The summed E-state index contributed by atoms with van der Waals surface area (Å²) in [6.45, 7) is 8.44. The van der Waals surface area contributed by atoms with Crippen molar-refractivity contribution in [1.29, 1.82) is 0 Å². The summed E-state index contributed by atoms with van der Waals surface area (Å²) in [5.41, 5.74) is 3.06. The summed E-state index contributed by atoms with van der Waals surface area (Å²) in [5.74, 6) is 0.998. The Morgan fingerprint density at radius 1 is 1.00 bits per heavy atom. The van der Waals surface area contributed by atoms with Gasteiger partial charge in [0.2, 0.25) is 5.91 Å². The van der Waals surface area contributed by atoms with Crippen LogP contribution >= 0.6 is 0 Å². The normalized spacial score (nSPS) is 11.5. The second kappa shape index (κ2) is 11.2. The van der Waals surface area contributed by atoms with Gasteiger partial charge in [-0.05, 0) is 68.1 Å². The van der Waals surface area contributed by atoms with E-state index in [1.165, 1.54) is 0 Å². The topological polar surface area (TPSA) is 67.9 Å². The second-order valence-electron chi connectivity index (χ2n) is 7.30. The van der Waals surface area contributed by atoms with Crippen molar-refractivity contribution in [2.24, 2.45) is 0 Å². The van der Waals surface area contributed by atoms with E-state index in [1.807, 2.05) is 70.2 Å². The number of carbonyl (C=O) groups excluding carboxylic acids is 2. The molecule has 0 saturated heterocycles. The first kappa shape index (κ1) is 23.3. The fraction of sp³-hybridized carbons (Fsp3) is 0.417. The van der Waals surface area contributed by atoms with Gasteiger partial charge in [-0.1, -0.05) is 25.1 Å². The molecule has 0 fully saturated rings. The summed E-state index contributed by atoms with van der Waals surface area (Å²) in [6.07, 6.45) is 0.511. The van der Waals surface area contributed by atoms with Gasteiger partial charge in [0, 0.05) is 13.1 Å². The molecule has 0 saturated carbocycles. The van der Waals surface area contributed by atoms with Crippen LogP contribution in [0.1, 0.15) is 37.0 Å². The van der Waals surface area contributed by atoms with Gasteiger partial charge in [-0.25, -0.2) is 0 Å². The van der Waals surface area contributed by atoms with Crippen LogP contribution in [0.5, 0.6) is 11.5 Å². The molecule has 1 N–H and O–H groups in total. The molecule has 2 aromatic carbocycles. The number of rotatable bonds is 10. The van der Waals surface area contributed by atoms with Gasteiger partial charge in [0.25, 0.3) is 5.91 Å². The van der Waals surface area contributed by atoms with Crippen molar-refractivity contribution in [2.75, 3.05) is 20.3 Å². The lowest BCUT2D eigenvalue weighted by molar-refractivity contribution is -0.142. The van der Waals surface area contributed by atoms with E-state index in [1.54, 1.807) is 12.0 Å². The first-order chi connectivity index (χ1) is 14.4. The molecule has 6 heteroatoms. The molecule has 2 rings (SSSR count). The third kappa shape index (κ3) is 6.51. The average molecular weight is 413 g/mol. The second-order valence-corrected chi connectivity index (χ2v) is 7.30. The molecular weight excluding hydrogens is 380 g/mol. The van der Waals surface area contributed by atoms with Crippen LogP contribution in [-0.2, 0) is 16.1 Å². The van der Waals surface area contributed by atoms with Crippen molar-refractivity contribution in [3.05, 3.63) is 59.2 Å². The van der Waals surface area contributed by atoms with Gasteiger partial charge in [-0.3, -0.25) is 9.59 Å². The predicted octanol–water partition coefficient (Wildman–Crippen LogP) is 3.63. The Morgan fingerprint density at radius 3 is 2.17 bits per heavy atom. The Hall–Kier alpha value is -3.02. The van der Waals surface area contributed by atoms with E-state index in [0.29, 0.717) is 25.3 Å². The van der Waals surface area contributed by atoms with Crippen LogP contribution in [0.4, 0.5) is 0 Å². The highest BCUT2D eigenvalue weighted by Crippen LogP contribution is 2.19. The third-order valence-electron chi connectivity index (χ3n) is 4.81. The van der Waals surface area contributed by atoms with E-state index < -0.39 is 6.04 Å². The monoisotopic (exact) mass is 412 g/mol. The minimum atomic E-state index is -0.567.